The predicted molar refractivity (Wildman–Crippen MR) is 76.8 cm³/mol. The molecular weight excluding hydrogens is 240 g/mol. The molecule has 0 saturated carbocycles. The summed E-state index contributed by atoms with van der Waals surface area (Å²) in [5, 5.41) is 2.93. The van der Waals surface area contributed by atoms with Gasteiger partial charge in [-0.1, -0.05) is 19.1 Å². The maximum absolute atomic E-state index is 11.9. The smallest absolute Gasteiger partial charge is 0.239 e. The molecule has 0 bridgehead atoms. The quantitative estimate of drug-likeness (QED) is 0.882. The largest absolute Gasteiger partial charge is 0.495 e. The van der Waals surface area contributed by atoms with Crippen LogP contribution in [-0.2, 0) is 11.2 Å². The Balaban J connectivity index is 2.15. The second kappa shape index (κ2) is 6.45. The van der Waals surface area contributed by atoms with Gasteiger partial charge in [-0.05, 0) is 30.9 Å². The number of amides is 1. The Hall–Kier alpha value is -1.71. The number of nitrogens with zero attached hydrogens (tertiary/aromatic N) is 1. The van der Waals surface area contributed by atoms with Crippen molar-refractivity contribution in [2.75, 3.05) is 31.6 Å². The van der Waals surface area contributed by atoms with Gasteiger partial charge >= 0.3 is 0 Å². The van der Waals surface area contributed by atoms with Crippen LogP contribution in [0.25, 0.3) is 0 Å². The van der Waals surface area contributed by atoms with E-state index < -0.39 is 0 Å². The van der Waals surface area contributed by atoms with Crippen LogP contribution in [0.2, 0.25) is 0 Å². The average Bonchev–Trinajstić information content (AvgIpc) is 2.44. The third-order valence-electron chi connectivity index (χ3n) is 3.40. The molecule has 1 aliphatic heterocycles. The normalized spacial score (nSPS) is 13.9. The molecule has 0 unspecified atom stereocenters. The number of anilines is 1. The summed E-state index contributed by atoms with van der Waals surface area (Å²) in [7, 11) is 1.68. The van der Waals surface area contributed by atoms with E-state index in [1.165, 1.54) is 5.56 Å². The van der Waals surface area contributed by atoms with Gasteiger partial charge in [0, 0.05) is 13.1 Å². The van der Waals surface area contributed by atoms with Gasteiger partial charge in [-0.3, -0.25) is 4.79 Å². The Bertz CT molecular complexity index is 432. The molecule has 0 atom stereocenters. The summed E-state index contributed by atoms with van der Waals surface area (Å²) < 4.78 is 5.43. The molecule has 1 heterocycles. The zero-order chi connectivity index (χ0) is 13.7. The highest BCUT2D eigenvalue weighted by atomic mass is 16.5. The van der Waals surface area contributed by atoms with E-state index in [0.29, 0.717) is 6.54 Å². The van der Waals surface area contributed by atoms with Crippen molar-refractivity contribution >= 4 is 11.6 Å². The highest BCUT2D eigenvalue weighted by Gasteiger charge is 2.22. The Morgan fingerprint density at radius 2 is 2.32 bits per heavy atom. The van der Waals surface area contributed by atoms with Gasteiger partial charge in [0.2, 0.25) is 5.91 Å². The molecule has 19 heavy (non-hydrogen) atoms. The molecule has 1 N–H and O–H groups in total. The van der Waals surface area contributed by atoms with Crippen LogP contribution in [0.3, 0.4) is 0 Å². The Kier molecular flexibility index (Phi) is 4.66. The first-order valence-electron chi connectivity index (χ1n) is 6.93. The van der Waals surface area contributed by atoms with Crippen molar-refractivity contribution in [1.82, 2.24) is 5.32 Å². The Morgan fingerprint density at radius 3 is 3.05 bits per heavy atom. The second-order valence-electron chi connectivity index (χ2n) is 4.84. The van der Waals surface area contributed by atoms with Gasteiger partial charge in [-0.2, -0.15) is 0 Å². The van der Waals surface area contributed by atoms with Crippen molar-refractivity contribution < 1.29 is 9.53 Å². The van der Waals surface area contributed by atoms with E-state index in [-0.39, 0.29) is 5.91 Å². The molecule has 104 valence electrons. The number of para-hydroxylation sites is 1. The molecule has 0 spiro atoms. The SMILES string of the molecule is CCCNC(=O)CN1CCCc2cccc(OC)c21. The molecule has 0 aromatic heterocycles. The molecule has 4 nitrogen and oxygen atoms in total. The molecule has 2 rings (SSSR count). The van der Waals surface area contributed by atoms with Gasteiger partial charge in [-0.15, -0.1) is 0 Å². The minimum absolute atomic E-state index is 0.0839. The molecule has 4 heteroatoms. The number of aryl methyl sites for hydroxylation is 1. The van der Waals surface area contributed by atoms with E-state index in [1.54, 1.807) is 7.11 Å². The lowest BCUT2D eigenvalue weighted by Crippen LogP contribution is -2.40. The summed E-state index contributed by atoms with van der Waals surface area (Å²) in [6.45, 7) is 4.12. The van der Waals surface area contributed by atoms with Crippen LogP contribution in [0, 0.1) is 0 Å². The number of rotatable bonds is 5. The van der Waals surface area contributed by atoms with Gasteiger partial charge in [0.15, 0.2) is 0 Å². The monoisotopic (exact) mass is 262 g/mol. The van der Waals surface area contributed by atoms with E-state index in [0.717, 1.165) is 43.8 Å². The van der Waals surface area contributed by atoms with E-state index in [2.05, 4.69) is 23.2 Å². The topological polar surface area (TPSA) is 41.6 Å². The van der Waals surface area contributed by atoms with Crippen molar-refractivity contribution in [3.63, 3.8) is 0 Å². The maximum Gasteiger partial charge on any atom is 0.239 e. The fourth-order valence-corrected chi connectivity index (χ4v) is 2.52. The summed E-state index contributed by atoms with van der Waals surface area (Å²) in [6.07, 6.45) is 3.10. The lowest BCUT2D eigenvalue weighted by molar-refractivity contribution is -0.119. The predicted octanol–water partition coefficient (Wildman–Crippen LogP) is 1.97. The second-order valence-corrected chi connectivity index (χ2v) is 4.84. The summed E-state index contributed by atoms with van der Waals surface area (Å²) in [5.41, 5.74) is 2.36. The van der Waals surface area contributed by atoms with Crippen molar-refractivity contribution in [1.29, 1.82) is 0 Å². The van der Waals surface area contributed by atoms with Crippen molar-refractivity contribution in [3.8, 4) is 5.75 Å². The molecular formula is C15H22N2O2. The zero-order valence-corrected chi connectivity index (χ0v) is 11.7. The van der Waals surface area contributed by atoms with E-state index >= 15 is 0 Å². The molecule has 0 fully saturated rings. The fraction of sp³-hybridized carbons (Fsp3) is 0.533. The van der Waals surface area contributed by atoms with Crippen molar-refractivity contribution in [2.24, 2.45) is 0 Å². The van der Waals surface area contributed by atoms with Crippen molar-refractivity contribution in [3.05, 3.63) is 23.8 Å². The number of carbonyl (C=O) groups excluding carboxylic acids is 1. The minimum atomic E-state index is 0.0839. The molecule has 0 aliphatic carbocycles. The Morgan fingerprint density at radius 1 is 1.47 bits per heavy atom. The molecule has 0 saturated heterocycles. The number of nitrogens with one attached hydrogen (secondary N) is 1. The standard InChI is InChI=1S/C15H22N2O2/c1-3-9-16-14(18)11-17-10-5-7-12-6-4-8-13(19-2)15(12)17/h4,6,8H,3,5,7,9-11H2,1-2H3,(H,16,18). The van der Waals surface area contributed by atoms with Crippen LogP contribution in [0.1, 0.15) is 25.3 Å². The number of ether oxygens (including phenoxy) is 1. The van der Waals surface area contributed by atoms with Crippen LogP contribution in [0.15, 0.2) is 18.2 Å². The third kappa shape index (κ3) is 3.19. The van der Waals surface area contributed by atoms with Crippen molar-refractivity contribution in [2.45, 2.75) is 26.2 Å². The minimum Gasteiger partial charge on any atom is -0.495 e. The number of hydrogen-bond donors (Lipinski definition) is 1. The number of benzene rings is 1. The molecule has 1 aromatic carbocycles. The lowest BCUT2D eigenvalue weighted by Gasteiger charge is -2.32. The summed E-state index contributed by atoms with van der Waals surface area (Å²) >= 11 is 0. The first kappa shape index (κ1) is 13.7. The van der Waals surface area contributed by atoms with Crippen LogP contribution in [0.5, 0.6) is 5.75 Å². The summed E-state index contributed by atoms with van der Waals surface area (Å²) in [5.74, 6) is 0.945. The number of methoxy groups -OCH3 is 1. The summed E-state index contributed by atoms with van der Waals surface area (Å²) in [6, 6.07) is 6.09. The van der Waals surface area contributed by atoms with E-state index in [9.17, 15) is 4.79 Å². The van der Waals surface area contributed by atoms with Gasteiger partial charge in [0.25, 0.3) is 0 Å². The molecule has 1 amide bonds. The molecule has 1 aliphatic rings. The average molecular weight is 262 g/mol. The van der Waals surface area contributed by atoms with E-state index in [1.807, 2.05) is 12.1 Å². The lowest BCUT2D eigenvalue weighted by atomic mass is 10.0. The fourth-order valence-electron chi connectivity index (χ4n) is 2.52. The highest BCUT2D eigenvalue weighted by Crippen LogP contribution is 2.35. The first-order chi connectivity index (χ1) is 9.26. The Labute approximate surface area is 114 Å². The van der Waals surface area contributed by atoms with Gasteiger partial charge in [0.1, 0.15) is 5.75 Å². The third-order valence-corrected chi connectivity index (χ3v) is 3.40. The molecule has 1 aromatic rings. The number of carbonyl (C=O) groups is 1. The van der Waals surface area contributed by atoms with E-state index in [4.69, 9.17) is 4.74 Å². The van der Waals surface area contributed by atoms with Gasteiger partial charge in [0.05, 0.1) is 19.3 Å². The highest BCUT2D eigenvalue weighted by molar-refractivity contribution is 5.82. The first-order valence-corrected chi connectivity index (χ1v) is 6.93. The van der Waals surface area contributed by atoms with Crippen LogP contribution >= 0.6 is 0 Å². The van der Waals surface area contributed by atoms with Crippen LogP contribution in [-0.4, -0.2) is 32.7 Å². The maximum atomic E-state index is 11.9. The summed E-state index contributed by atoms with van der Waals surface area (Å²) in [4.78, 5) is 14.0. The zero-order valence-electron chi connectivity index (χ0n) is 11.7. The van der Waals surface area contributed by atoms with Gasteiger partial charge in [-0.25, -0.2) is 0 Å². The molecule has 0 radical (unpaired) electrons. The van der Waals surface area contributed by atoms with Crippen LogP contribution < -0.4 is 15.0 Å². The number of hydrogen-bond acceptors (Lipinski definition) is 3. The van der Waals surface area contributed by atoms with Gasteiger partial charge < -0.3 is 15.0 Å². The van der Waals surface area contributed by atoms with Crippen LogP contribution in [0.4, 0.5) is 5.69 Å². The number of fused-ring (bicyclic) bond motifs is 1.